The lowest BCUT2D eigenvalue weighted by Crippen LogP contribution is -2.36. The summed E-state index contributed by atoms with van der Waals surface area (Å²) in [6.45, 7) is 0.789. The Bertz CT molecular complexity index is 672. The van der Waals surface area contributed by atoms with Crippen LogP contribution in [0.3, 0.4) is 0 Å². The molecule has 1 atom stereocenters. The molecule has 3 nitrogen and oxygen atoms in total. The topological polar surface area (TPSA) is 40.5 Å². The molecule has 108 valence electrons. The van der Waals surface area contributed by atoms with E-state index in [2.05, 4.69) is 18.2 Å². The number of benzene rings is 2. The fraction of sp³-hybridized carbons (Fsp3) is 0.278. The SMILES string of the molecule is O=C(/C=C/c1cccc2ccccc12)N1CCC[C@@H]1CO. The highest BCUT2D eigenvalue weighted by molar-refractivity contribution is 5.96. The Morgan fingerprint density at radius 3 is 2.90 bits per heavy atom. The summed E-state index contributed by atoms with van der Waals surface area (Å²) in [6.07, 6.45) is 5.36. The Labute approximate surface area is 124 Å². The van der Waals surface area contributed by atoms with E-state index in [0.717, 1.165) is 30.3 Å². The molecule has 0 unspecified atom stereocenters. The number of amides is 1. The van der Waals surface area contributed by atoms with Crippen LogP contribution < -0.4 is 0 Å². The van der Waals surface area contributed by atoms with Gasteiger partial charge in [0.25, 0.3) is 0 Å². The fourth-order valence-electron chi connectivity index (χ4n) is 2.97. The molecule has 0 saturated carbocycles. The van der Waals surface area contributed by atoms with E-state index < -0.39 is 0 Å². The molecule has 1 N–H and O–H groups in total. The maximum atomic E-state index is 12.3. The van der Waals surface area contributed by atoms with Gasteiger partial charge < -0.3 is 10.0 Å². The molecule has 1 aliphatic rings. The first-order chi connectivity index (χ1) is 10.3. The van der Waals surface area contributed by atoms with Crippen molar-refractivity contribution >= 4 is 22.8 Å². The summed E-state index contributed by atoms with van der Waals surface area (Å²) in [7, 11) is 0. The Kier molecular flexibility index (Phi) is 4.02. The molecule has 0 spiro atoms. The van der Waals surface area contributed by atoms with Crippen molar-refractivity contribution in [2.24, 2.45) is 0 Å². The van der Waals surface area contributed by atoms with Gasteiger partial charge in [-0.15, -0.1) is 0 Å². The van der Waals surface area contributed by atoms with Crippen molar-refractivity contribution in [2.75, 3.05) is 13.2 Å². The first-order valence-corrected chi connectivity index (χ1v) is 7.37. The zero-order valence-electron chi connectivity index (χ0n) is 11.9. The first-order valence-electron chi connectivity index (χ1n) is 7.37. The highest BCUT2D eigenvalue weighted by Crippen LogP contribution is 2.21. The van der Waals surface area contributed by atoms with Crippen LogP contribution >= 0.6 is 0 Å². The van der Waals surface area contributed by atoms with Gasteiger partial charge in [0.15, 0.2) is 0 Å². The highest BCUT2D eigenvalue weighted by Gasteiger charge is 2.26. The van der Waals surface area contributed by atoms with Gasteiger partial charge in [0, 0.05) is 12.6 Å². The summed E-state index contributed by atoms with van der Waals surface area (Å²) in [5.74, 6) is -0.0144. The van der Waals surface area contributed by atoms with Gasteiger partial charge >= 0.3 is 0 Å². The number of fused-ring (bicyclic) bond motifs is 1. The van der Waals surface area contributed by atoms with E-state index in [0.29, 0.717) is 0 Å². The molecular formula is C18H19NO2. The van der Waals surface area contributed by atoms with Crippen molar-refractivity contribution < 1.29 is 9.90 Å². The van der Waals surface area contributed by atoms with Crippen molar-refractivity contribution in [3.8, 4) is 0 Å². The quantitative estimate of drug-likeness (QED) is 0.879. The van der Waals surface area contributed by atoms with Gasteiger partial charge in [-0.1, -0.05) is 42.5 Å². The van der Waals surface area contributed by atoms with Gasteiger partial charge in [-0.2, -0.15) is 0 Å². The molecule has 2 aromatic rings. The number of likely N-dealkylation sites (tertiary alicyclic amines) is 1. The lowest BCUT2D eigenvalue weighted by atomic mass is 10.0. The average Bonchev–Trinajstić information content (AvgIpc) is 3.01. The fourth-order valence-corrected chi connectivity index (χ4v) is 2.97. The minimum absolute atomic E-state index is 0.0144. The van der Waals surface area contributed by atoms with E-state index >= 15 is 0 Å². The molecule has 0 bridgehead atoms. The molecule has 0 radical (unpaired) electrons. The van der Waals surface area contributed by atoms with Crippen LogP contribution in [-0.4, -0.2) is 35.1 Å². The van der Waals surface area contributed by atoms with E-state index in [9.17, 15) is 9.90 Å². The molecule has 1 amide bonds. The number of hydrogen-bond acceptors (Lipinski definition) is 2. The van der Waals surface area contributed by atoms with Crippen LogP contribution in [0.2, 0.25) is 0 Å². The van der Waals surface area contributed by atoms with E-state index in [-0.39, 0.29) is 18.6 Å². The van der Waals surface area contributed by atoms with Crippen LogP contribution in [0, 0.1) is 0 Å². The number of nitrogens with zero attached hydrogens (tertiary/aromatic N) is 1. The van der Waals surface area contributed by atoms with Crippen LogP contribution in [0.1, 0.15) is 18.4 Å². The van der Waals surface area contributed by atoms with Crippen molar-refractivity contribution in [2.45, 2.75) is 18.9 Å². The molecular weight excluding hydrogens is 262 g/mol. The van der Waals surface area contributed by atoms with E-state index in [1.54, 1.807) is 11.0 Å². The third kappa shape index (κ3) is 2.83. The predicted molar refractivity (Wildman–Crippen MR) is 84.8 cm³/mol. The second-order valence-corrected chi connectivity index (χ2v) is 5.41. The average molecular weight is 281 g/mol. The number of carbonyl (C=O) groups is 1. The Hall–Kier alpha value is -2.13. The molecule has 1 heterocycles. The maximum absolute atomic E-state index is 12.3. The minimum Gasteiger partial charge on any atom is -0.394 e. The molecule has 1 aliphatic heterocycles. The summed E-state index contributed by atoms with van der Waals surface area (Å²) >= 11 is 0. The summed E-state index contributed by atoms with van der Waals surface area (Å²) in [5, 5.41) is 11.6. The van der Waals surface area contributed by atoms with Crippen molar-refractivity contribution in [3.63, 3.8) is 0 Å². The van der Waals surface area contributed by atoms with E-state index in [1.165, 1.54) is 5.39 Å². The molecule has 1 fully saturated rings. The highest BCUT2D eigenvalue weighted by atomic mass is 16.3. The van der Waals surface area contributed by atoms with Crippen LogP contribution in [0.5, 0.6) is 0 Å². The summed E-state index contributed by atoms with van der Waals surface area (Å²) < 4.78 is 0. The van der Waals surface area contributed by atoms with Crippen molar-refractivity contribution in [1.82, 2.24) is 4.90 Å². The second-order valence-electron chi connectivity index (χ2n) is 5.41. The molecule has 0 aromatic heterocycles. The smallest absolute Gasteiger partial charge is 0.246 e. The monoisotopic (exact) mass is 281 g/mol. The summed E-state index contributed by atoms with van der Waals surface area (Å²) in [5.41, 5.74) is 1.04. The van der Waals surface area contributed by atoms with Gasteiger partial charge in [0.1, 0.15) is 0 Å². The zero-order valence-corrected chi connectivity index (χ0v) is 11.9. The van der Waals surface area contributed by atoms with Crippen LogP contribution in [0.25, 0.3) is 16.8 Å². The van der Waals surface area contributed by atoms with Gasteiger partial charge in [-0.3, -0.25) is 4.79 Å². The zero-order chi connectivity index (χ0) is 14.7. The Morgan fingerprint density at radius 2 is 2.05 bits per heavy atom. The summed E-state index contributed by atoms with van der Waals surface area (Å²) in [4.78, 5) is 14.0. The Morgan fingerprint density at radius 1 is 1.24 bits per heavy atom. The number of hydrogen-bond donors (Lipinski definition) is 1. The predicted octanol–water partition coefficient (Wildman–Crippen LogP) is 2.84. The van der Waals surface area contributed by atoms with Crippen molar-refractivity contribution in [3.05, 3.63) is 54.1 Å². The van der Waals surface area contributed by atoms with Gasteiger partial charge in [0.05, 0.1) is 12.6 Å². The largest absolute Gasteiger partial charge is 0.394 e. The van der Waals surface area contributed by atoms with Gasteiger partial charge in [-0.05, 0) is 35.3 Å². The van der Waals surface area contributed by atoms with Crippen molar-refractivity contribution in [1.29, 1.82) is 0 Å². The lowest BCUT2D eigenvalue weighted by Gasteiger charge is -2.21. The molecule has 3 heteroatoms. The van der Waals surface area contributed by atoms with Gasteiger partial charge in [-0.25, -0.2) is 0 Å². The molecule has 3 rings (SSSR count). The van der Waals surface area contributed by atoms with E-state index in [1.807, 2.05) is 30.3 Å². The first kappa shape index (κ1) is 13.8. The second kappa shape index (κ2) is 6.10. The molecule has 1 saturated heterocycles. The van der Waals surface area contributed by atoms with Gasteiger partial charge in [0.2, 0.25) is 5.91 Å². The number of rotatable bonds is 3. The standard InChI is InChI=1S/C18H19NO2/c20-13-16-8-4-12-19(16)18(21)11-10-15-7-3-6-14-5-1-2-9-17(14)15/h1-3,5-7,9-11,16,20H,4,8,12-13H2/b11-10+/t16-/m1/s1. The minimum atomic E-state index is -0.0188. The number of aliphatic hydroxyl groups is 1. The third-order valence-corrected chi connectivity index (χ3v) is 4.10. The lowest BCUT2D eigenvalue weighted by molar-refractivity contribution is -0.127. The number of carbonyl (C=O) groups excluding carboxylic acids is 1. The molecule has 2 aromatic carbocycles. The number of aliphatic hydroxyl groups excluding tert-OH is 1. The third-order valence-electron chi connectivity index (χ3n) is 4.10. The van der Waals surface area contributed by atoms with Crippen LogP contribution in [-0.2, 0) is 4.79 Å². The summed E-state index contributed by atoms with van der Waals surface area (Å²) in [6, 6.07) is 14.2. The molecule has 21 heavy (non-hydrogen) atoms. The Balaban J connectivity index is 1.83. The van der Waals surface area contributed by atoms with Crippen LogP contribution in [0.4, 0.5) is 0 Å². The van der Waals surface area contributed by atoms with E-state index in [4.69, 9.17) is 0 Å². The molecule has 0 aliphatic carbocycles. The maximum Gasteiger partial charge on any atom is 0.246 e. The normalized spacial score (nSPS) is 18.7. The van der Waals surface area contributed by atoms with Crippen LogP contribution in [0.15, 0.2) is 48.5 Å².